The second-order valence-electron chi connectivity index (χ2n) is 8.71. The van der Waals surface area contributed by atoms with E-state index >= 15 is 0 Å². The Morgan fingerprint density at radius 1 is 0.971 bits per heavy atom. The monoisotopic (exact) mass is 464 g/mol. The second-order valence-corrected chi connectivity index (χ2v) is 8.71. The minimum absolute atomic E-state index is 0.0212. The first-order chi connectivity index (χ1) is 16.4. The van der Waals surface area contributed by atoms with Crippen LogP contribution < -0.4 is 10.1 Å². The van der Waals surface area contributed by atoms with Crippen molar-refractivity contribution in [3.05, 3.63) is 59.7 Å². The molecule has 2 aliphatic rings. The average molecular weight is 465 g/mol. The maximum Gasteiger partial charge on any atom is 0.329 e. The molecule has 34 heavy (non-hydrogen) atoms. The van der Waals surface area contributed by atoms with Gasteiger partial charge in [-0.05, 0) is 61.7 Å². The number of rotatable bonds is 7. The van der Waals surface area contributed by atoms with Crippen molar-refractivity contribution in [1.82, 2.24) is 4.90 Å². The molecule has 8 nitrogen and oxygen atoms in total. The molecule has 4 rings (SSSR count). The van der Waals surface area contributed by atoms with Crippen LogP contribution in [0.1, 0.15) is 48.5 Å². The van der Waals surface area contributed by atoms with Gasteiger partial charge in [0.1, 0.15) is 18.4 Å². The minimum Gasteiger partial charge on any atom is -0.497 e. The predicted molar refractivity (Wildman–Crippen MR) is 124 cm³/mol. The van der Waals surface area contributed by atoms with Gasteiger partial charge in [0.25, 0.3) is 5.91 Å². The number of likely N-dealkylation sites (tertiary alicyclic amines) is 1. The largest absolute Gasteiger partial charge is 0.497 e. The molecule has 1 aliphatic carbocycles. The molecule has 1 saturated carbocycles. The Morgan fingerprint density at radius 3 is 2.12 bits per heavy atom. The molecule has 2 aromatic carbocycles. The van der Waals surface area contributed by atoms with E-state index in [2.05, 4.69) is 5.32 Å². The van der Waals surface area contributed by atoms with Gasteiger partial charge in [0.2, 0.25) is 11.8 Å². The van der Waals surface area contributed by atoms with Crippen molar-refractivity contribution < 1.29 is 28.7 Å². The first kappa shape index (κ1) is 23.5. The molecule has 0 unspecified atom stereocenters. The zero-order chi connectivity index (χ0) is 24.2. The molecule has 3 amide bonds. The Labute approximate surface area is 198 Å². The first-order valence-electron chi connectivity index (χ1n) is 11.5. The third-order valence-electron chi connectivity index (χ3n) is 6.55. The van der Waals surface area contributed by atoms with Crippen LogP contribution >= 0.6 is 0 Å². The molecule has 1 saturated heterocycles. The number of hydrogen-bond donors (Lipinski definition) is 1. The van der Waals surface area contributed by atoms with E-state index in [1.54, 1.807) is 55.6 Å². The van der Waals surface area contributed by atoms with E-state index in [0.29, 0.717) is 35.4 Å². The summed E-state index contributed by atoms with van der Waals surface area (Å²) in [5, 5.41) is 2.81. The number of esters is 1. The second kappa shape index (κ2) is 10.1. The molecular formula is C26H28N2O6. The summed E-state index contributed by atoms with van der Waals surface area (Å²) < 4.78 is 10.5. The third kappa shape index (κ3) is 4.81. The Bertz CT molecular complexity index is 1060. The van der Waals surface area contributed by atoms with Crippen molar-refractivity contribution >= 4 is 29.4 Å². The summed E-state index contributed by atoms with van der Waals surface area (Å²) in [6.07, 6.45) is 3.26. The summed E-state index contributed by atoms with van der Waals surface area (Å²) in [5.74, 6) is -1.31. The number of anilines is 1. The summed E-state index contributed by atoms with van der Waals surface area (Å²) >= 11 is 0. The highest BCUT2D eigenvalue weighted by Crippen LogP contribution is 2.39. The number of ether oxygens (including phenoxy) is 2. The van der Waals surface area contributed by atoms with Crippen LogP contribution in [0, 0.1) is 11.8 Å². The van der Waals surface area contributed by atoms with Crippen LogP contribution in [0.2, 0.25) is 0 Å². The standard InChI is InChI=1S/C26H28N2O6/c1-16(28-24(30)21-5-3-4-6-22(21)25(28)31)26(32)34-15-17-7-9-18(10-8-17)23(29)27-19-11-13-20(33-2)14-12-19/h7-14,16,21-22H,3-6,15H2,1-2H3,(H,27,29)/t16-,21-,22+/m1/s1. The van der Waals surface area contributed by atoms with Crippen molar-refractivity contribution in [3.63, 3.8) is 0 Å². The maximum atomic E-state index is 12.7. The zero-order valence-corrected chi connectivity index (χ0v) is 19.3. The normalized spacial score (nSPS) is 20.5. The highest BCUT2D eigenvalue weighted by atomic mass is 16.5. The fourth-order valence-corrected chi connectivity index (χ4v) is 4.58. The Hall–Kier alpha value is -3.68. The minimum atomic E-state index is -0.958. The molecule has 0 radical (unpaired) electrons. The highest BCUT2D eigenvalue weighted by Gasteiger charge is 2.51. The lowest BCUT2D eigenvalue weighted by Gasteiger charge is -2.21. The van der Waals surface area contributed by atoms with E-state index in [-0.39, 0.29) is 36.2 Å². The summed E-state index contributed by atoms with van der Waals surface area (Å²) in [6, 6.07) is 12.7. The molecule has 178 valence electrons. The van der Waals surface area contributed by atoms with E-state index in [1.165, 1.54) is 6.92 Å². The van der Waals surface area contributed by atoms with E-state index in [1.807, 2.05) is 0 Å². The van der Waals surface area contributed by atoms with Gasteiger partial charge in [0, 0.05) is 11.3 Å². The maximum absolute atomic E-state index is 12.7. The van der Waals surface area contributed by atoms with Crippen LogP contribution in [0.3, 0.4) is 0 Å². The van der Waals surface area contributed by atoms with Gasteiger partial charge in [-0.3, -0.25) is 19.3 Å². The molecular weight excluding hydrogens is 436 g/mol. The SMILES string of the molecule is COc1ccc(NC(=O)c2ccc(COC(=O)[C@@H](C)N3C(=O)[C@H]4CCCC[C@H]4C3=O)cc2)cc1. The molecule has 1 N–H and O–H groups in total. The van der Waals surface area contributed by atoms with E-state index in [4.69, 9.17) is 9.47 Å². The van der Waals surface area contributed by atoms with Crippen molar-refractivity contribution in [3.8, 4) is 5.75 Å². The van der Waals surface area contributed by atoms with E-state index in [0.717, 1.165) is 17.7 Å². The Balaban J connectivity index is 1.31. The fourth-order valence-electron chi connectivity index (χ4n) is 4.58. The fraction of sp³-hybridized carbons (Fsp3) is 0.385. The zero-order valence-electron chi connectivity index (χ0n) is 19.3. The summed E-state index contributed by atoms with van der Waals surface area (Å²) in [5.41, 5.74) is 1.79. The van der Waals surface area contributed by atoms with Gasteiger partial charge in [-0.25, -0.2) is 4.79 Å². The van der Waals surface area contributed by atoms with Gasteiger partial charge in [-0.15, -0.1) is 0 Å². The molecule has 0 bridgehead atoms. The molecule has 0 aromatic heterocycles. The smallest absolute Gasteiger partial charge is 0.329 e. The third-order valence-corrected chi connectivity index (χ3v) is 6.55. The Morgan fingerprint density at radius 2 is 1.56 bits per heavy atom. The van der Waals surface area contributed by atoms with Crippen LogP contribution in [0.25, 0.3) is 0 Å². The number of fused-ring (bicyclic) bond motifs is 1. The predicted octanol–water partition coefficient (Wildman–Crippen LogP) is 3.55. The molecule has 0 spiro atoms. The average Bonchev–Trinajstić information content (AvgIpc) is 3.12. The van der Waals surface area contributed by atoms with Gasteiger partial charge < -0.3 is 14.8 Å². The van der Waals surface area contributed by atoms with E-state index < -0.39 is 12.0 Å². The van der Waals surface area contributed by atoms with Crippen LogP contribution in [-0.4, -0.2) is 41.7 Å². The van der Waals surface area contributed by atoms with Crippen molar-refractivity contribution in [2.24, 2.45) is 11.8 Å². The number of nitrogens with one attached hydrogen (secondary N) is 1. The lowest BCUT2D eigenvalue weighted by molar-refractivity contribution is -0.159. The summed E-state index contributed by atoms with van der Waals surface area (Å²) in [4.78, 5) is 51.5. The lowest BCUT2D eigenvalue weighted by atomic mass is 9.81. The van der Waals surface area contributed by atoms with Gasteiger partial charge >= 0.3 is 5.97 Å². The topological polar surface area (TPSA) is 102 Å². The van der Waals surface area contributed by atoms with Crippen LogP contribution in [0.4, 0.5) is 5.69 Å². The highest BCUT2D eigenvalue weighted by molar-refractivity contribution is 6.07. The van der Waals surface area contributed by atoms with Gasteiger partial charge in [-0.2, -0.15) is 0 Å². The Kier molecular flexibility index (Phi) is 6.95. The van der Waals surface area contributed by atoms with Crippen molar-refractivity contribution in [2.45, 2.75) is 45.3 Å². The van der Waals surface area contributed by atoms with Crippen molar-refractivity contribution in [1.29, 1.82) is 0 Å². The van der Waals surface area contributed by atoms with Gasteiger partial charge in [0.15, 0.2) is 0 Å². The molecule has 8 heteroatoms. The number of benzene rings is 2. The van der Waals surface area contributed by atoms with Gasteiger partial charge in [0.05, 0.1) is 18.9 Å². The quantitative estimate of drug-likeness (QED) is 0.497. The number of hydrogen-bond acceptors (Lipinski definition) is 6. The van der Waals surface area contributed by atoms with E-state index in [9.17, 15) is 19.2 Å². The van der Waals surface area contributed by atoms with Crippen molar-refractivity contribution in [2.75, 3.05) is 12.4 Å². The lowest BCUT2D eigenvalue weighted by Crippen LogP contribution is -2.44. The molecule has 3 atom stereocenters. The number of nitrogens with zero attached hydrogens (tertiary/aromatic N) is 1. The number of imide groups is 1. The van der Waals surface area contributed by atoms with Crippen LogP contribution in [0.5, 0.6) is 5.75 Å². The van der Waals surface area contributed by atoms with Crippen LogP contribution in [-0.2, 0) is 25.7 Å². The summed E-state index contributed by atoms with van der Waals surface area (Å²) in [7, 11) is 1.57. The molecule has 2 fully saturated rings. The number of amides is 3. The number of carbonyl (C=O) groups is 4. The molecule has 1 aliphatic heterocycles. The summed E-state index contributed by atoms with van der Waals surface area (Å²) in [6.45, 7) is 1.51. The molecule has 1 heterocycles. The molecule has 2 aromatic rings. The van der Waals surface area contributed by atoms with Crippen LogP contribution in [0.15, 0.2) is 48.5 Å². The number of carbonyl (C=O) groups excluding carboxylic acids is 4. The first-order valence-corrected chi connectivity index (χ1v) is 11.5. The number of methoxy groups -OCH3 is 1. The van der Waals surface area contributed by atoms with Gasteiger partial charge in [-0.1, -0.05) is 25.0 Å².